The number of hydrogen-bond donors (Lipinski definition) is 1. The smallest absolute Gasteiger partial charge is 0.159 e. The van der Waals surface area contributed by atoms with Gasteiger partial charge in [-0.2, -0.15) is 0 Å². The maximum absolute atomic E-state index is 9.13. The van der Waals surface area contributed by atoms with E-state index in [-0.39, 0.29) is 0 Å². The van der Waals surface area contributed by atoms with Crippen molar-refractivity contribution in [3.8, 4) is 5.75 Å². The summed E-state index contributed by atoms with van der Waals surface area (Å²) in [4.78, 5) is 0. The standard InChI is InChI=1S/C13H18O2S/c1-2-3-10-15-13(16)9-6-11-4-7-12(14)8-5-11/h4-5,7-8,14H,2-3,6,9-10H2,1H3. The zero-order valence-corrected chi connectivity index (χ0v) is 10.4. The minimum atomic E-state index is 0.297. The van der Waals surface area contributed by atoms with Gasteiger partial charge in [0.15, 0.2) is 5.05 Å². The number of hydrogen-bond acceptors (Lipinski definition) is 3. The molecule has 0 bridgehead atoms. The minimum absolute atomic E-state index is 0.297. The van der Waals surface area contributed by atoms with Crippen LogP contribution in [0.5, 0.6) is 5.75 Å². The summed E-state index contributed by atoms with van der Waals surface area (Å²) in [7, 11) is 0. The fourth-order valence-electron chi connectivity index (χ4n) is 1.31. The first-order valence-electron chi connectivity index (χ1n) is 5.66. The van der Waals surface area contributed by atoms with Gasteiger partial charge in [-0.25, -0.2) is 0 Å². The monoisotopic (exact) mass is 238 g/mol. The Morgan fingerprint density at radius 3 is 2.62 bits per heavy atom. The Morgan fingerprint density at radius 2 is 2.00 bits per heavy atom. The Bertz CT molecular complexity index is 319. The number of unbranched alkanes of at least 4 members (excludes halogenated alkanes) is 1. The predicted octanol–water partition coefficient (Wildman–Crippen LogP) is 3.47. The van der Waals surface area contributed by atoms with Crippen molar-refractivity contribution in [1.29, 1.82) is 0 Å². The normalized spacial score (nSPS) is 10.1. The molecule has 0 unspecified atom stereocenters. The number of rotatable bonds is 6. The summed E-state index contributed by atoms with van der Waals surface area (Å²) in [5, 5.41) is 9.81. The molecule has 0 amide bonds. The summed E-state index contributed by atoms with van der Waals surface area (Å²) < 4.78 is 5.41. The van der Waals surface area contributed by atoms with Crippen LogP contribution < -0.4 is 0 Å². The van der Waals surface area contributed by atoms with E-state index in [0.29, 0.717) is 10.8 Å². The van der Waals surface area contributed by atoms with Crippen molar-refractivity contribution in [3.05, 3.63) is 29.8 Å². The molecule has 88 valence electrons. The van der Waals surface area contributed by atoms with Gasteiger partial charge in [0.25, 0.3) is 0 Å². The van der Waals surface area contributed by atoms with E-state index in [4.69, 9.17) is 22.1 Å². The van der Waals surface area contributed by atoms with Crippen LogP contribution in [0.15, 0.2) is 24.3 Å². The predicted molar refractivity (Wildman–Crippen MR) is 69.9 cm³/mol. The highest BCUT2D eigenvalue weighted by atomic mass is 32.1. The lowest BCUT2D eigenvalue weighted by atomic mass is 10.1. The maximum atomic E-state index is 9.13. The van der Waals surface area contributed by atoms with Gasteiger partial charge in [0.05, 0.1) is 6.61 Å². The van der Waals surface area contributed by atoms with Crippen LogP contribution in [-0.2, 0) is 11.2 Å². The quantitative estimate of drug-likeness (QED) is 0.608. The molecule has 1 aromatic carbocycles. The van der Waals surface area contributed by atoms with Crippen LogP contribution in [0.2, 0.25) is 0 Å². The van der Waals surface area contributed by atoms with Crippen LogP contribution in [-0.4, -0.2) is 16.8 Å². The van der Waals surface area contributed by atoms with Gasteiger partial charge in [0.2, 0.25) is 0 Å². The first-order valence-corrected chi connectivity index (χ1v) is 6.06. The third kappa shape index (κ3) is 5.12. The van der Waals surface area contributed by atoms with Gasteiger partial charge in [-0.15, -0.1) is 0 Å². The van der Waals surface area contributed by atoms with Crippen LogP contribution in [0.4, 0.5) is 0 Å². The largest absolute Gasteiger partial charge is 0.508 e. The third-order valence-corrected chi connectivity index (χ3v) is 2.64. The third-order valence-electron chi connectivity index (χ3n) is 2.32. The average molecular weight is 238 g/mol. The molecule has 2 nitrogen and oxygen atoms in total. The summed E-state index contributed by atoms with van der Waals surface area (Å²) in [6.45, 7) is 2.85. The first kappa shape index (κ1) is 13.0. The second-order valence-electron chi connectivity index (χ2n) is 3.74. The van der Waals surface area contributed by atoms with E-state index in [1.807, 2.05) is 12.1 Å². The second kappa shape index (κ2) is 7.23. The van der Waals surface area contributed by atoms with E-state index < -0.39 is 0 Å². The van der Waals surface area contributed by atoms with E-state index in [0.717, 1.165) is 32.3 Å². The van der Waals surface area contributed by atoms with Crippen molar-refractivity contribution >= 4 is 17.3 Å². The topological polar surface area (TPSA) is 29.5 Å². The fraction of sp³-hybridized carbons (Fsp3) is 0.462. The second-order valence-corrected chi connectivity index (χ2v) is 4.20. The van der Waals surface area contributed by atoms with Crippen LogP contribution in [0.25, 0.3) is 0 Å². The average Bonchev–Trinajstić information content (AvgIpc) is 2.29. The Hall–Kier alpha value is -1.09. The van der Waals surface area contributed by atoms with Crippen molar-refractivity contribution in [2.24, 2.45) is 0 Å². The highest BCUT2D eigenvalue weighted by molar-refractivity contribution is 7.80. The minimum Gasteiger partial charge on any atom is -0.508 e. The molecule has 0 radical (unpaired) electrons. The molecule has 0 aromatic heterocycles. The Morgan fingerprint density at radius 1 is 1.31 bits per heavy atom. The molecule has 0 aliphatic carbocycles. The van der Waals surface area contributed by atoms with Crippen molar-refractivity contribution in [2.45, 2.75) is 32.6 Å². The molecule has 1 N–H and O–H groups in total. The Labute approximate surface area is 102 Å². The van der Waals surface area contributed by atoms with Crippen LogP contribution in [0, 0.1) is 0 Å². The molecular weight excluding hydrogens is 220 g/mol. The lowest BCUT2D eigenvalue weighted by Gasteiger charge is -2.06. The van der Waals surface area contributed by atoms with Crippen LogP contribution >= 0.6 is 12.2 Å². The number of benzene rings is 1. The summed E-state index contributed by atoms with van der Waals surface area (Å²) >= 11 is 5.12. The summed E-state index contributed by atoms with van der Waals surface area (Å²) in [6.07, 6.45) is 3.81. The zero-order chi connectivity index (χ0) is 11.8. The van der Waals surface area contributed by atoms with Gasteiger partial charge in [-0.3, -0.25) is 0 Å². The van der Waals surface area contributed by atoms with Gasteiger partial charge in [-0.05, 0) is 42.8 Å². The number of phenolic OH excluding ortho intramolecular Hbond substituents is 1. The van der Waals surface area contributed by atoms with E-state index in [1.165, 1.54) is 5.56 Å². The molecule has 1 aromatic rings. The molecule has 0 atom stereocenters. The molecule has 0 fully saturated rings. The Balaban J connectivity index is 2.23. The molecule has 3 heteroatoms. The molecular formula is C13H18O2S. The molecule has 0 heterocycles. The number of phenols is 1. The highest BCUT2D eigenvalue weighted by Crippen LogP contribution is 2.11. The van der Waals surface area contributed by atoms with Crippen molar-refractivity contribution in [1.82, 2.24) is 0 Å². The van der Waals surface area contributed by atoms with Crippen molar-refractivity contribution < 1.29 is 9.84 Å². The van der Waals surface area contributed by atoms with E-state index in [2.05, 4.69) is 6.92 Å². The van der Waals surface area contributed by atoms with E-state index in [9.17, 15) is 0 Å². The van der Waals surface area contributed by atoms with Gasteiger partial charge in [0.1, 0.15) is 5.75 Å². The number of thiocarbonyl (C=S) groups is 1. The fourth-order valence-corrected chi connectivity index (χ4v) is 1.50. The molecule has 0 aliphatic heterocycles. The van der Waals surface area contributed by atoms with Gasteiger partial charge >= 0.3 is 0 Å². The van der Waals surface area contributed by atoms with E-state index >= 15 is 0 Å². The Kier molecular flexibility index (Phi) is 5.86. The molecule has 0 saturated heterocycles. The van der Waals surface area contributed by atoms with Crippen molar-refractivity contribution in [2.75, 3.05) is 6.61 Å². The molecule has 0 saturated carbocycles. The van der Waals surface area contributed by atoms with E-state index in [1.54, 1.807) is 12.1 Å². The van der Waals surface area contributed by atoms with Gasteiger partial charge in [0, 0.05) is 6.42 Å². The molecule has 1 rings (SSSR count). The highest BCUT2D eigenvalue weighted by Gasteiger charge is 1.99. The molecule has 0 spiro atoms. The lowest BCUT2D eigenvalue weighted by Crippen LogP contribution is -2.04. The SMILES string of the molecule is CCCCOC(=S)CCc1ccc(O)cc1. The zero-order valence-electron chi connectivity index (χ0n) is 9.61. The lowest BCUT2D eigenvalue weighted by molar-refractivity contribution is 0.296. The number of aryl methyl sites for hydroxylation is 1. The summed E-state index contributed by atoms with van der Waals surface area (Å²) in [5.74, 6) is 0.297. The summed E-state index contributed by atoms with van der Waals surface area (Å²) in [6, 6.07) is 7.20. The molecule has 16 heavy (non-hydrogen) atoms. The maximum Gasteiger partial charge on any atom is 0.159 e. The first-order chi connectivity index (χ1) is 7.72. The van der Waals surface area contributed by atoms with Crippen LogP contribution in [0.1, 0.15) is 31.7 Å². The number of aromatic hydroxyl groups is 1. The van der Waals surface area contributed by atoms with Crippen LogP contribution in [0.3, 0.4) is 0 Å². The summed E-state index contributed by atoms with van der Waals surface area (Å²) in [5.41, 5.74) is 1.17. The molecule has 0 aliphatic rings. The number of ether oxygens (including phenoxy) is 1. The van der Waals surface area contributed by atoms with Gasteiger partial charge in [-0.1, -0.05) is 25.5 Å². The van der Waals surface area contributed by atoms with Crippen molar-refractivity contribution in [3.63, 3.8) is 0 Å². The van der Waals surface area contributed by atoms with Gasteiger partial charge < -0.3 is 9.84 Å².